The van der Waals surface area contributed by atoms with Crippen LogP contribution in [0.25, 0.3) is 0 Å². The maximum absolute atomic E-state index is 12.1. The average molecular weight is 247 g/mol. The lowest BCUT2D eigenvalue weighted by Gasteiger charge is -2.21. The summed E-state index contributed by atoms with van der Waals surface area (Å²) < 4.78 is 0. The van der Waals surface area contributed by atoms with E-state index in [1.807, 2.05) is 0 Å². The van der Waals surface area contributed by atoms with E-state index in [1.54, 1.807) is 18.3 Å². The molecule has 4 nitrogen and oxygen atoms in total. The molecular weight excluding hydrogens is 226 g/mol. The van der Waals surface area contributed by atoms with Crippen LogP contribution in [0.1, 0.15) is 55.3 Å². The van der Waals surface area contributed by atoms with Crippen molar-refractivity contribution < 1.29 is 4.79 Å². The molecule has 1 heterocycles. The zero-order valence-corrected chi connectivity index (χ0v) is 10.7. The number of anilines is 1. The molecule has 1 aromatic heterocycles. The van der Waals surface area contributed by atoms with Gasteiger partial charge in [0.05, 0.1) is 0 Å². The number of hydrogen-bond acceptors (Lipinski definition) is 3. The minimum absolute atomic E-state index is 0.0327. The standard InChI is InChI=1S/C14H21N3O/c15-13-10-11(8-9-16-13)14(18)17-12-6-4-2-1-3-5-7-12/h8-10,12H,1-7H2,(H2,15,16)(H,17,18). The number of hydrogen-bond donors (Lipinski definition) is 2. The minimum Gasteiger partial charge on any atom is -0.384 e. The van der Waals surface area contributed by atoms with Crippen molar-refractivity contribution in [3.63, 3.8) is 0 Å². The van der Waals surface area contributed by atoms with Crippen LogP contribution in [0.2, 0.25) is 0 Å². The van der Waals surface area contributed by atoms with Crippen LogP contribution < -0.4 is 11.1 Å². The fourth-order valence-corrected chi connectivity index (χ4v) is 2.46. The van der Waals surface area contributed by atoms with E-state index in [0.717, 1.165) is 12.8 Å². The predicted octanol–water partition coefficient (Wildman–Crippen LogP) is 2.51. The first kappa shape index (κ1) is 12.9. The highest BCUT2D eigenvalue weighted by Gasteiger charge is 2.15. The van der Waals surface area contributed by atoms with Gasteiger partial charge >= 0.3 is 0 Å². The number of nitrogens with two attached hydrogens (primary N) is 1. The number of rotatable bonds is 2. The second-order valence-electron chi connectivity index (χ2n) is 4.98. The van der Waals surface area contributed by atoms with E-state index < -0.39 is 0 Å². The Morgan fingerprint density at radius 2 is 1.89 bits per heavy atom. The van der Waals surface area contributed by atoms with Gasteiger partial charge in [-0.2, -0.15) is 0 Å². The summed E-state index contributed by atoms with van der Waals surface area (Å²) in [5.41, 5.74) is 6.19. The van der Waals surface area contributed by atoms with Crippen molar-refractivity contribution in [2.24, 2.45) is 0 Å². The zero-order valence-electron chi connectivity index (χ0n) is 10.7. The molecule has 98 valence electrons. The Morgan fingerprint density at radius 1 is 1.22 bits per heavy atom. The first-order valence-electron chi connectivity index (χ1n) is 6.78. The van der Waals surface area contributed by atoms with Crippen molar-refractivity contribution in [1.29, 1.82) is 0 Å². The highest BCUT2D eigenvalue weighted by atomic mass is 16.1. The summed E-state index contributed by atoms with van der Waals surface area (Å²) in [5, 5.41) is 3.11. The third-order valence-electron chi connectivity index (χ3n) is 3.48. The minimum atomic E-state index is -0.0327. The summed E-state index contributed by atoms with van der Waals surface area (Å²) in [5.74, 6) is 0.356. The normalized spacial score (nSPS) is 17.8. The highest BCUT2D eigenvalue weighted by Crippen LogP contribution is 2.17. The Labute approximate surface area is 108 Å². The van der Waals surface area contributed by atoms with Gasteiger partial charge in [-0.3, -0.25) is 4.79 Å². The third-order valence-corrected chi connectivity index (χ3v) is 3.48. The fraction of sp³-hybridized carbons (Fsp3) is 0.571. The van der Waals surface area contributed by atoms with E-state index in [9.17, 15) is 4.79 Å². The van der Waals surface area contributed by atoms with E-state index in [0.29, 0.717) is 17.4 Å². The number of aromatic nitrogens is 1. The molecule has 1 aromatic rings. The summed E-state index contributed by atoms with van der Waals surface area (Å²) in [4.78, 5) is 16.0. The number of carbonyl (C=O) groups is 1. The average Bonchev–Trinajstić information content (AvgIpc) is 2.32. The van der Waals surface area contributed by atoms with Crippen LogP contribution in [0.3, 0.4) is 0 Å². The lowest BCUT2D eigenvalue weighted by molar-refractivity contribution is 0.0930. The van der Waals surface area contributed by atoms with Gasteiger partial charge in [-0.25, -0.2) is 4.98 Å². The molecule has 2 rings (SSSR count). The molecule has 0 spiro atoms. The molecule has 0 saturated heterocycles. The predicted molar refractivity (Wildman–Crippen MR) is 72.2 cm³/mol. The maximum atomic E-state index is 12.1. The molecule has 1 amide bonds. The maximum Gasteiger partial charge on any atom is 0.251 e. The number of nitrogen functional groups attached to an aromatic ring is 1. The zero-order chi connectivity index (χ0) is 12.8. The van der Waals surface area contributed by atoms with Crippen molar-refractivity contribution in [3.8, 4) is 0 Å². The van der Waals surface area contributed by atoms with Gasteiger partial charge in [-0.05, 0) is 25.0 Å². The molecular formula is C14H21N3O. The van der Waals surface area contributed by atoms with Crippen molar-refractivity contribution in [3.05, 3.63) is 23.9 Å². The van der Waals surface area contributed by atoms with E-state index in [-0.39, 0.29) is 5.91 Å². The summed E-state index contributed by atoms with van der Waals surface area (Å²) in [6.07, 6.45) is 10.1. The van der Waals surface area contributed by atoms with Gasteiger partial charge in [0.25, 0.3) is 5.91 Å². The van der Waals surface area contributed by atoms with E-state index in [2.05, 4.69) is 10.3 Å². The van der Waals surface area contributed by atoms with Gasteiger partial charge in [0, 0.05) is 17.8 Å². The molecule has 4 heteroatoms. The van der Waals surface area contributed by atoms with E-state index in [4.69, 9.17) is 5.73 Å². The Kier molecular flexibility index (Phi) is 4.56. The number of carbonyl (C=O) groups excluding carboxylic acids is 1. The lowest BCUT2D eigenvalue weighted by atomic mass is 9.96. The molecule has 1 fully saturated rings. The molecule has 1 aliphatic carbocycles. The van der Waals surface area contributed by atoms with Crippen LogP contribution in [0, 0.1) is 0 Å². The quantitative estimate of drug-likeness (QED) is 0.843. The molecule has 0 aromatic carbocycles. The van der Waals surface area contributed by atoms with Gasteiger partial charge in [-0.1, -0.05) is 32.1 Å². The van der Waals surface area contributed by atoms with Crippen LogP contribution in [0.5, 0.6) is 0 Å². The van der Waals surface area contributed by atoms with Crippen LogP contribution >= 0.6 is 0 Å². The van der Waals surface area contributed by atoms with Crippen LogP contribution in [-0.2, 0) is 0 Å². The summed E-state index contributed by atoms with van der Waals surface area (Å²) in [6.45, 7) is 0. The molecule has 0 bridgehead atoms. The summed E-state index contributed by atoms with van der Waals surface area (Å²) in [6, 6.07) is 3.64. The number of amides is 1. The number of nitrogens with zero attached hydrogens (tertiary/aromatic N) is 1. The van der Waals surface area contributed by atoms with Crippen molar-refractivity contribution in [2.75, 3.05) is 5.73 Å². The van der Waals surface area contributed by atoms with Gasteiger partial charge in [-0.15, -0.1) is 0 Å². The first-order chi connectivity index (χ1) is 8.75. The molecule has 18 heavy (non-hydrogen) atoms. The number of pyridine rings is 1. The second-order valence-corrected chi connectivity index (χ2v) is 4.98. The smallest absolute Gasteiger partial charge is 0.251 e. The van der Waals surface area contributed by atoms with Crippen LogP contribution in [-0.4, -0.2) is 16.9 Å². The first-order valence-corrected chi connectivity index (χ1v) is 6.78. The molecule has 1 saturated carbocycles. The molecule has 1 aliphatic rings. The molecule has 0 aliphatic heterocycles. The van der Waals surface area contributed by atoms with Gasteiger partial charge in [0.2, 0.25) is 0 Å². The van der Waals surface area contributed by atoms with E-state index >= 15 is 0 Å². The van der Waals surface area contributed by atoms with Crippen molar-refractivity contribution in [2.45, 2.75) is 51.0 Å². The summed E-state index contributed by atoms with van der Waals surface area (Å²) >= 11 is 0. The van der Waals surface area contributed by atoms with Crippen LogP contribution in [0.15, 0.2) is 18.3 Å². The van der Waals surface area contributed by atoms with Gasteiger partial charge in [0.1, 0.15) is 5.82 Å². The Balaban J connectivity index is 1.93. The highest BCUT2D eigenvalue weighted by molar-refractivity contribution is 5.94. The number of nitrogens with one attached hydrogen (secondary N) is 1. The molecule has 0 radical (unpaired) electrons. The van der Waals surface area contributed by atoms with E-state index in [1.165, 1.54) is 32.1 Å². The molecule has 0 atom stereocenters. The van der Waals surface area contributed by atoms with Gasteiger partial charge in [0.15, 0.2) is 0 Å². The third kappa shape index (κ3) is 3.72. The van der Waals surface area contributed by atoms with Crippen molar-refractivity contribution in [1.82, 2.24) is 10.3 Å². The SMILES string of the molecule is Nc1cc(C(=O)NC2CCCCCCC2)ccn1. The molecule has 3 N–H and O–H groups in total. The Hall–Kier alpha value is -1.58. The summed E-state index contributed by atoms with van der Waals surface area (Å²) in [7, 11) is 0. The fourth-order valence-electron chi connectivity index (χ4n) is 2.46. The largest absolute Gasteiger partial charge is 0.384 e. The van der Waals surface area contributed by atoms with Crippen LogP contribution in [0.4, 0.5) is 5.82 Å². The van der Waals surface area contributed by atoms with Gasteiger partial charge < -0.3 is 11.1 Å². The molecule has 0 unspecified atom stereocenters. The van der Waals surface area contributed by atoms with Crippen molar-refractivity contribution >= 4 is 11.7 Å². The monoisotopic (exact) mass is 247 g/mol. The Morgan fingerprint density at radius 3 is 2.56 bits per heavy atom. The second kappa shape index (κ2) is 6.38. The lowest BCUT2D eigenvalue weighted by Crippen LogP contribution is -2.35. The Bertz CT molecular complexity index is 398. The topological polar surface area (TPSA) is 68.0 Å².